The summed E-state index contributed by atoms with van der Waals surface area (Å²) >= 11 is 0. The van der Waals surface area contributed by atoms with Crippen LogP contribution in [0.25, 0.3) is 88.3 Å². The van der Waals surface area contributed by atoms with E-state index in [0.717, 1.165) is 83.2 Å². The number of aromatic nitrogens is 1. The first-order valence-corrected chi connectivity index (χ1v) is 17.4. The molecule has 244 valence electrons. The predicted molar refractivity (Wildman–Crippen MR) is 212 cm³/mol. The Morgan fingerprint density at radius 1 is 0.423 bits per heavy atom. The molecule has 5 nitrogen and oxygen atoms in total. The van der Waals surface area contributed by atoms with Gasteiger partial charge < -0.3 is 18.2 Å². The average molecular weight is 669 g/mol. The highest BCUT2D eigenvalue weighted by atomic mass is 16.4. The Hall–Kier alpha value is -7.11. The van der Waals surface area contributed by atoms with Crippen LogP contribution in [0.5, 0.6) is 0 Å². The number of benzene rings is 8. The molecule has 0 spiro atoms. The Balaban J connectivity index is 1.12. The molecule has 0 aliphatic rings. The van der Waals surface area contributed by atoms with Crippen LogP contribution in [0.4, 0.5) is 17.1 Å². The van der Waals surface area contributed by atoms with Crippen molar-refractivity contribution in [3.05, 3.63) is 170 Å². The molecule has 8 aromatic carbocycles. The topological polar surface area (TPSA) is 55.6 Å². The predicted octanol–water partition coefficient (Wildman–Crippen LogP) is 13.6. The highest BCUT2D eigenvalue weighted by molar-refractivity contribution is 6.16. The van der Waals surface area contributed by atoms with Gasteiger partial charge in [-0.2, -0.15) is 0 Å². The van der Waals surface area contributed by atoms with Crippen molar-refractivity contribution in [1.82, 2.24) is 4.98 Å². The quantitative estimate of drug-likeness (QED) is 0.183. The highest BCUT2D eigenvalue weighted by Crippen LogP contribution is 2.46. The second-order valence-electron chi connectivity index (χ2n) is 13.1. The van der Waals surface area contributed by atoms with Crippen molar-refractivity contribution < 1.29 is 13.3 Å². The van der Waals surface area contributed by atoms with E-state index in [0.29, 0.717) is 5.89 Å². The molecular weight excluding hydrogens is 641 g/mol. The van der Waals surface area contributed by atoms with E-state index < -0.39 is 0 Å². The van der Waals surface area contributed by atoms with Crippen molar-refractivity contribution in [2.24, 2.45) is 0 Å². The number of hydrogen-bond donors (Lipinski definition) is 0. The molecule has 3 heterocycles. The van der Waals surface area contributed by atoms with Gasteiger partial charge in [-0.25, -0.2) is 4.98 Å². The second kappa shape index (κ2) is 11.2. The molecule has 0 aliphatic carbocycles. The zero-order chi connectivity index (χ0) is 34.2. The number of hydrogen-bond acceptors (Lipinski definition) is 5. The van der Waals surface area contributed by atoms with Crippen molar-refractivity contribution in [2.75, 3.05) is 4.90 Å². The van der Waals surface area contributed by atoms with Gasteiger partial charge in [-0.3, -0.25) is 0 Å². The molecule has 0 saturated heterocycles. The number of oxazole rings is 1. The number of para-hydroxylation sites is 4. The van der Waals surface area contributed by atoms with E-state index in [1.165, 1.54) is 16.3 Å². The Labute approximate surface area is 297 Å². The van der Waals surface area contributed by atoms with Crippen LogP contribution in [0.3, 0.4) is 0 Å². The van der Waals surface area contributed by atoms with Crippen molar-refractivity contribution in [3.63, 3.8) is 0 Å². The molecule has 0 bridgehead atoms. The van der Waals surface area contributed by atoms with Crippen LogP contribution >= 0.6 is 0 Å². The molecule has 0 unspecified atom stereocenters. The van der Waals surface area contributed by atoms with Gasteiger partial charge in [0.25, 0.3) is 0 Å². The summed E-state index contributed by atoms with van der Waals surface area (Å²) in [4.78, 5) is 7.10. The maximum absolute atomic E-state index is 6.79. The van der Waals surface area contributed by atoms with E-state index in [2.05, 4.69) is 114 Å². The SMILES string of the molecule is c1ccc2c(-c3ccc(N(c4ccc5c(c4)oc4ccccc45)c4cccc5c4oc4cccc(-c6nc7ccccc7o6)c45)cc3)cccc2c1. The summed E-state index contributed by atoms with van der Waals surface area (Å²) in [6, 6.07) is 58.6. The number of fused-ring (bicyclic) bond motifs is 8. The van der Waals surface area contributed by atoms with Gasteiger partial charge in [-0.05, 0) is 82.6 Å². The van der Waals surface area contributed by atoms with Crippen LogP contribution in [0.15, 0.2) is 183 Å². The minimum Gasteiger partial charge on any atom is -0.456 e. The average Bonchev–Trinajstić information content (AvgIpc) is 3.92. The summed E-state index contributed by atoms with van der Waals surface area (Å²) in [5.41, 5.74) is 10.9. The van der Waals surface area contributed by atoms with Gasteiger partial charge in [-0.1, -0.05) is 103 Å². The van der Waals surface area contributed by atoms with Crippen LogP contribution < -0.4 is 4.90 Å². The largest absolute Gasteiger partial charge is 0.456 e. The van der Waals surface area contributed by atoms with Crippen molar-refractivity contribution in [3.8, 4) is 22.6 Å². The zero-order valence-electron chi connectivity index (χ0n) is 27.8. The monoisotopic (exact) mass is 668 g/mol. The smallest absolute Gasteiger partial charge is 0.228 e. The Morgan fingerprint density at radius 3 is 2.00 bits per heavy atom. The van der Waals surface area contributed by atoms with Crippen LogP contribution in [0.1, 0.15) is 0 Å². The lowest BCUT2D eigenvalue weighted by molar-refractivity contribution is 0.620. The molecule has 0 aliphatic heterocycles. The van der Waals surface area contributed by atoms with E-state index in [1.54, 1.807) is 0 Å². The fraction of sp³-hybridized carbons (Fsp3) is 0. The molecular formula is C47H28N2O3. The van der Waals surface area contributed by atoms with E-state index in [-0.39, 0.29) is 0 Å². The fourth-order valence-electron chi connectivity index (χ4n) is 7.72. The van der Waals surface area contributed by atoms with E-state index in [9.17, 15) is 0 Å². The van der Waals surface area contributed by atoms with Crippen LogP contribution in [-0.2, 0) is 0 Å². The lowest BCUT2D eigenvalue weighted by Crippen LogP contribution is -2.10. The Bertz CT molecular complexity index is 3110. The summed E-state index contributed by atoms with van der Waals surface area (Å²) < 4.78 is 19.4. The molecule has 11 rings (SSSR count). The molecule has 5 heteroatoms. The van der Waals surface area contributed by atoms with E-state index >= 15 is 0 Å². The van der Waals surface area contributed by atoms with Gasteiger partial charge in [0, 0.05) is 38.9 Å². The first-order valence-electron chi connectivity index (χ1n) is 17.4. The highest BCUT2D eigenvalue weighted by Gasteiger charge is 2.23. The molecule has 0 atom stereocenters. The Kier molecular flexibility index (Phi) is 6.18. The third-order valence-electron chi connectivity index (χ3n) is 10.1. The third-order valence-corrected chi connectivity index (χ3v) is 10.1. The van der Waals surface area contributed by atoms with Gasteiger partial charge in [0.2, 0.25) is 5.89 Å². The van der Waals surface area contributed by atoms with E-state index in [1.807, 2.05) is 60.7 Å². The second-order valence-corrected chi connectivity index (χ2v) is 13.1. The standard InChI is InChI=1S/C47H28N2O3/c1-2-12-33-29(10-1)11-7-14-34(33)30-22-24-31(25-23-30)49(32-26-27-36-35-13-3-5-19-41(35)50-44(36)28-32)40-18-8-15-37-45-38(16-9-21-43(45)51-46(37)40)47-48-39-17-4-6-20-42(39)52-47/h1-28H. The summed E-state index contributed by atoms with van der Waals surface area (Å²) in [7, 11) is 0. The lowest BCUT2D eigenvalue weighted by atomic mass is 9.98. The number of furan rings is 2. The van der Waals surface area contributed by atoms with Gasteiger partial charge in [-0.15, -0.1) is 0 Å². The van der Waals surface area contributed by atoms with Gasteiger partial charge in [0.15, 0.2) is 11.2 Å². The normalized spacial score (nSPS) is 11.8. The van der Waals surface area contributed by atoms with E-state index in [4.69, 9.17) is 18.2 Å². The van der Waals surface area contributed by atoms with Crippen molar-refractivity contribution in [2.45, 2.75) is 0 Å². The lowest BCUT2D eigenvalue weighted by Gasteiger charge is -2.25. The molecule has 0 N–H and O–H groups in total. The van der Waals surface area contributed by atoms with Gasteiger partial charge in [0.05, 0.1) is 11.4 Å². The zero-order valence-corrected chi connectivity index (χ0v) is 27.8. The molecule has 0 fully saturated rings. The molecule has 0 saturated carbocycles. The third kappa shape index (κ3) is 4.39. The maximum Gasteiger partial charge on any atom is 0.228 e. The molecule has 3 aromatic heterocycles. The summed E-state index contributed by atoms with van der Waals surface area (Å²) in [6.07, 6.45) is 0. The minimum atomic E-state index is 0.566. The summed E-state index contributed by atoms with van der Waals surface area (Å²) in [5, 5.41) is 6.57. The van der Waals surface area contributed by atoms with Crippen molar-refractivity contribution in [1.29, 1.82) is 0 Å². The fourth-order valence-corrected chi connectivity index (χ4v) is 7.72. The minimum absolute atomic E-state index is 0.566. The van der Waals surface area contributed by atoms with Crippen LogP contribution in [0.2, 0.25) is 0 Å². The number of anilines is 3. The maximum atomic E-state index is 6.79. The molecule has 0 amide bonds. The number of rotatable bonds is 5. The molecule has 52 heavy (non-hydrogen) atoms. The number of nitrogens with zero attached hydrogens (tertiary/aromatic N) is 2. The van der Waals surface area contributed by atoms with Gasteiger partial charge >= 0.3 is 0 Å². The van der Waals surface area contributed by atoms with Gasteiger partial charge in [0.1, 0.15) is 22.3 Å². The molecule has 11 aromatic rings. The summed E-state index contributed by atoms with van der Waals surface area (Å²) in [5.74, 6) is 0.566. The van der Waals surface area contributed by atoms with Crippen molar-refractivity contribution >= 4 is 82.8 Å². The summed E-state index contributed by atoms with van der Waals surface area (Å²) in [6.45, 7) is 0. The first kappa shape index (κ1) is 28.7. The molecule has 0 radical (unpaired) electrons. The van der Waals surface area contributed by atoms with Crippen LogP contribution in [-0.4, -0.2) is 4.98 Å². The Morgan fingerprint density at radius 2 is 1.10 bits per heavy atom. The van der Waals surface area contributed by atoms with Crippen LogP contribution in [0, 0.1) is 0 Å². The first-order chi connectivity index (χ1) is 25.8.